The van der Waals surface area contributed by atoms with Crippen LogP contribution in [0.25, 0.3) is 22.4 Å². The van der Waals surface area contributed by atoms with Gasteiger partial charge in [-0.2, -0.15) is 8.78 Å². The minimum atomic E-state index is -3.00. The minimum absolute atomic E-state index is 0.376. The van der Waals surface area contributed by atoms with Crippen LogP contribution in [0.1, 0.15) is 18.0 Å². The fraction of sp³-hybridized carbons (Fsp3) is 0.214. The maximum absolute atomic E-state index is 14.6. The van der Waals surface area contributed by atoms with Crippen LogP contribution in [0, 0.1) is 5.82 Å². The number of hydrogen-bond donors (Lipinski definition) is 0. The Kier molecular flexibility index (Phi) is 5.32. The van der Waals surface area contributed by atoms with Crippen molar-refractivity contribution >= 4 is 5.69 Å². The van der Waals surface area contributed by atoms with Crippen LogP contribution < -0.4 is 9.64 Å². The summed E-state index contributed by atoms with van der Waals surface area (Å²) in [7, 11) is 1.63. The SMILES string of the molecule is COc1ccc(-c2ccc(-c3cn(C4CCc5c(F)cccc5N5CC(F)(F)C=C45)nn3)cc2)cc1. The molecular weight excluding hydrogens is 465 g/mol. The zero-order chi connectivity index (χ0) is 24.9. The molecule has 2 aliphatic rings. The highest BCUT2D eigenvalue weighted by atomic mass is 19.3. The first-order valence-corrected chi connectivity index (χ1v) is 11.7. The summed E-state index contributed by atoms with van der Waals surface area (Å²) in [6.07, 6.45) is 3.61. The maximum Gasteiger partial charge on any atom is 0.286 e. The lowest BCUT2D eigenvalue weighted by molar-refractivity contribution is 0.0728. The number of nitrogens with zero attached hydrogens (tertiary/aromatic N) is 4. The summed E-state index contributed by atoms with van der Waals surface area (Å²) < 4.78 is 50.4. The van der Waals surface area contributed by atoms with E-state index in [0.717, 1.165) is 28.5 Å². The van der Waals surface area contributed by atoms with Gasteiger partial charge in [-0.15, -0.1) is 5.10 Å². The molecule has 4 aromatic rings. The number of halogens is 3. The number of ether oxygens (including phenoxy) is 1. The van der Waals surface area contributed by atoms with E-state index >= 15 is 0 Å². The average Bonchev–Trinajstić information content (AvgIpc) is 3.46. The van der Waals surface area contributed by atoms with Crippen LogP contribution in [-0.4, -0.2) is 34.6 Å². The second kappa shape index (κ2) is 8.55. The van der Waals surface area contributed by atoms with Crippen molar-refractivity contribution in [3.05, 3.63) is 96.1 Å². The van der Waals surface area contributed by atoms with E-state index in [2.05, 4.69) is 10.3 Å². The summed E-state index contributed by atoms with van der Waals surface area (Å²) >= 11 is 0. The predicted molar refractivity (Wildman–Crippen MR) is 132 cm³/mol. The fourth-order valence-electron chi connectivity index (χ4n) is 5.06. The first kappa shape index (κ1) is 22.4. The number of alkyl halides is 2. The molecule has 3 heterocycles. The first-order valence-electron chi connectivity index (χ1n) is 11.7. The van der Waals surface area contributed by atoms with Crippen molar-refractivity contribution < 1.29 is 17.9 Å². The molecule has 2 aliphatic heterocycles. The van der Waals surface area contributed by atoms with Gasteiger partial charge in [0.05, 0.1) is 25.9 Å². The molecule has 0 N–H and O–H groups in total. The molecule has 0 saturated heterocycles. The monoisotopic (exact) mass is 488 g/mol. The lowest BCUT2D eigenvalue weighted by Crippen LogP contribution is -2.29. The Labute approximate surface area is 206 Å². The number of hydrogen-bond acceptors (Lipinski definition) is 4. The van der Waals surface area contributed by atoms with Crippen LogP contribution >= 0.6 is 0 Å². The van der Waals surface area contributed by atoms with Crippen LogP contribution in [0.2, 0.25) is 0 Å². The minimum Gasteiger partial charge on any atom is -0.497 e. The Hall–Kier alpha value is -4.07. The molecule has 0 bridgehead atoms. The van der Waals surface area contributed by atoms with Gasteiger partial charge in [-0.25, -0.2) is 9.07 Å². The second-order valence-electron chi connectivity index (χ2n) is 9.10. The predicted octanol–water partition coefficient (Wildman–Crippen LogP) is 6.29. The van der Waals surface area contributed by atoms with Crippen LogP contribution in [0.15, 0.2) is 84.7 Å². The molecule has 8 heteroatoms. The Morgan fingerprint density at radius 3 is 2.36 bits per heavy atom. The van der Waals surface area contributed by atoms with Crippen LogP contribution in [0.5, 0.6) is 5.75 Å². The van der Waals surface area contributed by atoms with E-state index < -0.39 is 18.5 Å². The highest BCUT2D eigenvalue weighted by Gasteiger charge is 2.43. The third-order valence-corrected chi connectivity index (χ3v) is 6.87. The van der Waals surface area contributed by atoms with Crippen molar-refractivity contribution in [1.82, 2.24) is 15.0 Å². The summed E-state index contributed by atoms with van der Waals surface area (Å²) in [4.78, 5) is 1.53. The van der Waals surface area contributed by atoms with E-state index in [0.29, 0.717) is 35.5 Å². The molecule has 1 atom stereocenters. The Morgan fingerprint density at radius 1 is 0.944 bits per heavy atom. The van der Waals surface area contributed by atoms with Gasteiger partial charge in [0.15, 0.2) is 0 Å². The Balaban J connectivity index is 1.30. The van der Waals surface area contributed by atoms with Crippen molar-refractivity contribution in [3.8, 4) is 28.1 Å². The molecule has 0 spiro atoms. The Bertz CT molecular complexity index is 1440. The molecule has 5 nitrogen and oxygen atoms in total. The van der Waals surface area contributed by atoms with Gasteiger partial charge in [0, 0.05) is 28.6 Å². The number of allylic oxidation sites excluding steroid dienone is 1. The molecule has 0 aliphatic carbocycles. The summed E-state index contributed by atoms with van der Waals surface area (Å²) in [5.41, 5.74) is 4.99. The van der Waals surface area contributed by atoms with Crippen LogP contribution in [-0.2, 0) is 6.42 Å². The fourth-order valence-corrected chi connectivity index (χ4v) is 5.06. The largest absolute Gasteiger partial charge is 0.497 e. The van der Waals surface area contributed by atoms with E-state index in [4.69, 9.17) is 4.74 Å². The topological polar surface area (TPSA) is 43.2 Å². The molecule has 1 aromatic heterocycles. The van der Waals surface area contributed by atoms with Crippen LogP contribution in [0.4, 0.5) is 18.9 Å². The quantitative estimate of drug-likeness (QED) is 0.339. The molecule has 0 saturated carbocycles. The van der Waals surface area contributed by atoms with E-state index in [1.54, 1.807) is 30.1 Å². The van der Waals surface area contributed by atoms with Crippen molar-refractivity contribution in [2.75, 3.05) is 18.6 Å². The van der Waals surface area contributed by atoms with E-state index in [1.807, 2.05) is 48.5 Å². The van der Waals surface area contributed by atoms with Crippen molar-refractivity contribution in [2.45, 2.75) is 24.8 Å². The average molecular weight is 489 g/mol. The lowest BCUT2D eigenvalue weighted by Gasteiger charge is -2.26. The third kappa shape index (κ3) is 3.92. The van der Waals surface area contributed by atoms with Gasteiger partial charge in [0.1, 0.15) is 17.3 Å². The zero-order valence-electron chi connectivity index (χ0n) is 19.5. The zero-order valence-corrected chi connectivity index (χ0v) is 19.5. The number of benzene rings is 3. The molecule has 0 radical (unpaired) electrons. The van der Waals surface area contributed by atoms with Gasteiger partial charge in [0.2, 0.25) is 0 Å². The summed E-state index contributed by atoms with van der Waals surface area (Å²) in [6, 6.07) is 19.9. The standard InChI is InChI=1S/C28H23F3N4O/c1-36-21-11-9-19(10-12-21)18-5-7-20(8-6-18)24-16-35(33-32-24)26-14-13-22-23(29)3-2-4-25(22)34-17-28(30,31)15-27(26)34/h2-12,15-16,26H,13-14,17H2,1H3. The summed E-state index contributed by atoms with van der Waals surface area (Å²) in [6.45, 7) is -0.510. The van der Waals surface area contributed by atoms with Crippen molar-refractivity contribution in [2.24, 2.45) is 0 Å². The molecule has 1 unspecified atom stereocenters. The van der Waals surface area contributed by atoms with Gasteiger partial charge in [-0.3, -0.25) is 0 Å². The van der Waals surface area contributed by atoms with Crippen molar-refractivity contribution in [3.63, 3.8) is 0 Å². The number of aromatic nitrogens is 3. The Morgan fingerprint density at radius 2 is 1.64 bits per heavy atom. The highest BCUT2D eigenvalue weighted by molar-refractivity contribution is 5.69. The van der Waals surface area contributed by atoms with Crippen LogP contribution in [0.3, 0.4) is 0 Å². The molecule has 36 heavy (non-hydrogen) atoms. The summed E-state index contributed by atoms with van der Waals surface area (Å²) in [5.74, 6) is -2.58. The van der Waals surface area contributed by atoms with Gasteiger partial charge >= 0.3 is 0 Å². The number of methoxy groups -OCH3 is 1. The van der Waals surface area contributed by atoms with Gasteiger partial charge in [-0.05, 0) is 48.2 Å². The first-order chi connectivity index (χ1) is 17.4. The lowest BCUT2D eigenvalue weighted by atomic mass is 10.0. The van der Waals surface area contributed by atoms with Gasteiger partial charge in [-0.1, -0.05) is 47.7 Å². The van der Waals surface area contributed by atoms with E-state index in [1.165, 1.54) is 11.0 Å². The number of anilines is 1. The molecular formula is C28H23F3N4O. The maximum atomic E-state index is 14.6. The molecule has 6 rings (SSSR count). The van der Waals surface area contributed by atoms with Gasteiger partial charge in [0.25, 0.3) is 5.92 Å². The molecule has 182 valence electrons. The van der Waals surface area contributed by atoms with E-state index in [9.17, 15) is 13.2 Å². The van der Waals surface area contributed by atoms with Gasteiger partial charge < -0.3 is 9.64 Å². The second-order valence-corrected chi connectivity index (χ2v) is 9.10. The normalized spacial score (nSPS) is 18.3. The molecule has 0 fully saturated rings. The number of rotatable bonds is 4. The third-order valence-electron chi connectivity index (χ3n) is 6.87. The highest BCUT2D eigenvalue weighted by Crippen LogP contribution is 2.44. The smallest absolute Gasteiger partial charge is 0.286 e. The van der Waals surface area contributed by atoms with E-state index in [-0.39, 0.29) is 5.82 Å². The van der Waals surface area contributed by atoms with Crippen molar-refractivity contribution in [1.29, 1.82) is 0 Å². The molecule has 3 aromatic carbocycles. The molecule has 0 amide bonds. The summed E-state index contributed by atoms with van der Waals surface area (Å²) in [5, 5.41) is 8.62. The number of fused-ring (bicyclic) bond motifs is 3.